The molecule has 0 radical (unpaired) electrons. The summed E-state index contributed by atoms with van der Waals surface area (Å²) < 4.78 is 11.0. The van der Waals surface area contributed by atoms with Crippen molar-refractivity contribution in [3.05, 3.63) is 88.5 Å². The number of methoxy groups -OCH3 is 1. The molecule has 0 atom stereocenters. The minimum Gasteiger partial charge on any atom is -0.493 e. The van der Waals surface area contributed by atoms with E-state index in [1.165, 1.54) is 31.4 Å². The van der Waals surface area contributed by atoms with Gasteiger partial charge in [-0.05, 0) is 36.4 Å². The van der Waals surface area contributed by atoms with Gasteiger partial charge < -0.3 is 14.8 Å². The van der Waals surface area contributed by atoms with Crippen LogP contribution >= 0.6 is 0 Å². The maximum atomic E-state index is 12.3. The molecule has 3 aromatic rings. The molecule has 0 aliphatic carbocycles. The normalized spacial score (nSPS) is 10.1. The Kier molecular flexibility index (Phi) is 5.32. The molecule has 0 aliphatic heterocycles. The van der Waals surface area contributed by atoms with Gasteiger partial charge in [0.2, 0.25) is 0 Å². The summed E-state index contributed by atoms with van der Waals surface area (Å²) in [6, 6.07) is 19.5. The van der Waals surface area contributed by atoms with Crippen LogP contribution in [0.25, 0.3) is 0 Å². The monoisotopic (exact) mass is 364 g/mol. The van der Waals surface area contributed by atoms with Crippen molar-refractivity contribution in [2.75, 3.05) is 12.4 Å². The number of ether oxygens (including phenoxy) is 2. The van der Waals surface area contributed by atoms with E-state index in [1.807, 2.05) is 6.07 Å². The lowest BCUT2D eigenvalue weighted by atomic mass is 10.2. The second kappa shape index (κ2) is 8.01. The molecule has 0 aliphatic rings. The summed E-state index contributed by atoms with van der Waals surface area (Å²) in [7, 11) is 1.50. The van der Waals surface area contributed by atoms with Gasteiger partial charge in [0.05, 0.1) is 12.0 Å². The molecule has 0 saturated heterocycles. The van der Waals surface area contributed by atoms with Crippen LogP contribution in [0, 0.1) is 10.1 Å². The molecule has 1 amide bonds. The third kappa shape index (κ3) is 4.40. The number of carbonyl (C=O) groups excluding carboxylic acids is 1. The minimum absolute atomic E-state index is 0.0295. The van der Waals surface area contributed by atoms with Crippen LogP contribution in [0.2, 0.25) is 0 Å². The topological polar surface area (TPSA) is 90.7 Å². The summed E-state index contributed by atoms with van der Waals surface area (Å²) in [6.45, 7) is 0. The fraction of sp³-hybridized carbons (Fsp3) is 0.0500. The number of non-ortho nitro benzene ring substituents is 1. The third-order valence-corrected chi connectivity index (χ3v) is 3.73. The number of nitro benzene ring substituents is 1. The molecule has 0 fully saturated rings. The van der Waals surface area contributed by atoms with Gasteiger partial charge in [-0.3, -0.25) is 14.9 Å². The average Bonchev–Trinajstić information content (AvgIpc) is 2.69. The molecule has 3 rings (SSSR count). The molecule has 27 heavy (non-hydrogen) atoms. The van der Waals surface area contributed by atoms with Crippen LogP contribution in [-0.4, -0.2) is 17.9 Å². The van der Waals surface area contributed by atoms with E-state index in [4.69, 9.17) is 9.47 Å². The van der Waals surface area contributed by atoms with E-state index in [0.29, 0.717) is 28.5 Å². The molecule has 1 N–H and O–H groups in total. The second-order valence-electron chi connectivity index (χ2n) is 5.54. The van der Waals surface area contributed by atoms with E-state index in [2.05, 4.69) is 5.32 Å². The summed E-state index contributed by atoms with van der Waals surface area (Å²) in [5.41, 5.74) is 1.03. The zero-order valence-electron chi connectivity index (χ0n) is 14.4. The molecule has 7 heteroatoms. The zero-order valence-corrected chi connectivity index (χ0v) is 14.4. The molecule has 7 nitrogen and oxygen atoms in total. The summed E-state index contributed by atoms with van der Waals surface area (Å²) in [5.74, 6) is 0.996. The fourth-order valence-corrected chi connectivity index (χ4v) is 2.39. The minimum atomic E-state index is -0.482. The van der Waals surface area contributed by atoms with Crippen molar-refractivity contribution in [3.63, 3.8) is 0 Å². The molecule has 0 aromatic heterocycles. The number of hydrogen-bond acceptors (Lipinski definition) is 5. The van der Waals surface area contributed by atoms with Crippen molar-refractivity contribution in [1.82, 2.24) is 0 Å². The van der Waals surface area contributed by atoms with E-state index in [9.17, 15) is 14.9 Å². The largest absolute Gasteiger partial charge is 0.493 e. The van der Waals surface area contributed by atoms with Crippen molar-refractivity contribution in [2.45, 2.75) is 0 Å². The van der Waals surface area contributed by atoms with Gasteiger partial charge in [-0.2, -0.15) is 0 Å². The second-order valence-corrected chi connectivity index (χ2v) is 5.54. The van der Waals surface area contributed by atoms with Crippen LogP contribution < -0.4 is 14.8 Å². The van der Waals surface area contributed by atoms with Gasteiger partial charge in [0, 0.05) is 29.4 Å². The number of nitro groups is 1. The highest BCUT2D eigenvalue weighted by Crippen LogP contribution is 2.34. The summed E-state index contributed by atoms with van der Waals surface area (Å²) in [5, 5.41) is 13.5. The number of nitrogens with zero attached hydrogens (tertiary/aromatic N) is 1. The van der Waals surface area contributed by atoms with Crippen LogP contribution in [-0.2, 0) is 0 Å². The Morgan fingerprint density at radius 1 is 0.963 bits per heavy atom. The Morgan fingerprint density at radius 3 is 2.30 bits per heavy atom. The lowest BCUT2D eigenvalue weighted by molar-refractivity contribution is -0.384. The Bertz CT molecular complexity index is 956. The smallest absolute Gasteiger partial charge is 0.269 e. The number of benzene rings is 3. The average molecular weight is 364 g/mol. The van der Waals surface area contributed by atoms with Crippen molar-refractivity contribution in [2.24, 2.45) is 0 Å². The number of anilines is 1. The van der Waals surface area contributed by atoms with Crippen LogP contribution in [0.5, 0.6) is 17.2 Å². The molecule has 0 heterocycles. The van der Waals surface area contributed by atoms with Crippen molar-refractivity contribution < 1.29 is 19.2 Å². The number of hydrogen-bond donors (Lipinski definition) is 1. The Morgan fingerprint density at radius 2 is 1.67 bits per heavy atom. The number of carbonyl (C=O) groups is 1. The Balaban J connectivity index is 1.81. The molecular formula is C20H16N2O5. The van der Waals surface area contributed by atoms with Crippen LogP contribution in [0.3, 0.4) is 0 Å². The molecule has 3 aromatic carbocycles. The number of nitrogens with one attached hydrogen (secondary N) is 1. The van der Waals surface area contributed by atoms with E-state index < -0.39 is 4.92 Å². The van der Waals surface area contributed by atoms with Gasteiger partial charge in [-0.15, -0.1) is 0 Å². The van der Waals surface area contributed by atoms with Gasteiger partial charge in [-0.25, -0.2) is 0 Å². The third-order valence-electron chi connectivity index (χ3n) is 3.73. The maximum Gasteiger partial charge on any atom is 0.269 e. The first kappa shape index (κ1) is 17.9. The first-order chi connectivity index (χ1) is 13.1. The molecule has 0 spiro atoms. The standard InChI is InChI=1S/C20H16N2O5/c1-26-18-12-7-15(21-20(23)14-5-3-2-4-6-14)13-19(18)27-17-10-8-16(9-11-17)22(24)25/h2-13H,1H3,(H,21,23). The van der Waals surface area contributed by atoms with Crippen molar-refractivity contribution in [3.8, 4) is 17.2 Å². The summed E-state index contributed by atoms with van der Waals surface area (Å²) in [4.78, 5) is 22.6. The predicted octanol–water partition coefficient (Wildman–Crippen LogP) is 4.65. The maximum absolute atomic E-state index is 12.3. The first-order valence-corrected chi connectivity index (χ1v) is 8.03. The first-order valence-electron chi connectivity index (χ1n) is 8.03. The summed E-state index contributed by atoms with van der Waals surface area (Å²) in [6.07, 6.45) is 0. The van der Waals surface area contributed by atoms with E-state index >= 15 is 0 Å². The van der Waals surface area contributed by atoms with Crippen LogP contribution in [0.15, 0.2) is 72.8 Å². The van der Waals surface area contributed by atoms with E-state index in [1.54, 1.807) is 42.5 Å². The number of amides is 1. The molecular weight excluding hydrogens is 348 g/mol. The van der Waals surface area contributed by atoms with E-state index in [0.717, 1.165) is 0 Å². The summed E-state index contributed by atoms with van der Waals surface area (Å²) >= 11 is 0. The lowest BCUT2D eigenvalue weighted by Crippen LogP contribution is -2.11. The highest BCUT2D eigenvalue weighted by molar-refractivity contribution is 6.04. The van der Waals surface area contributed by atoms with Gasteiger partial charge >= 0.3 is 0 Å². The highest BCUT2D eigenvalue weighted by Gasteiger charge is 2.11. The van der Waals surface area contributed by atoms with Crippen LogP contribution in [0.4, 0.5) is 11.4 Å². The van der Waals surface area contributed by atoms with Gasteiger partial charge in [-0.1, -0.05) is 18.2 Å². The Labute approximate surface area is 155 Å². The molecule has 0 bridgehead atoms. The van der Waals surface area contributed by atoms with E-state index in [-0.39, 0.29) is 11.6 Å². The lowest BCUT2D eigenvalue weighted by Gasteiger charge is -2.13. The Hall–Kier alpha value is -3.87. The van der Waals surface area contributed by atoms with Gasteiger partial charge in [0.1, 0.15) is 5.75 Å². The van der Waals surface area contributed by atoms with Crippen molar-refractivity contribution >= 4 is 17.3 Å². The zero-order chi connectivity index (χ0) is 19.2. The van der Waals surface area contributed by atoms with Crippen LogP contribution in [0.1, 0.15) is 10.4 Å². The molecule has 0 unspecified atom stereocenters. The molecule has 136 valence electrons. The number of rotatable bonds is 6. The van der Waals surface area contributed by atoms with Crippen molar-refractivity contribution in [1.29, 1.82) is 0 Å². The predicted molar refractivity (Wildman–Crippen MR) is 101 cm³/mol. The SMILES string of the molecule is COc1ccc(NC(=O)c2ccccc2)cc1Oc1ccc([N+](=O)[O-])cc1. The van der Waals surface area contributed by atoms with Gasteiger partial charge in [0.15, 0.2) is 11.5 Å². The quantitative estimate of drug-likeness (QED) is 0.508. The molecule has 0 saturated carbocycles. The van der Waals surface area contributed by atoms with Gasteiger partial charge in [0.25, 0.3) is 11.6 Å². The fourth-order valence-electron chi connectivity index (χ4n) is 2.39. The highest BCUT2D eigenvalue weighted by atomic mass is 16.6.